The first-order valence-electron chi connectivity index (χ1n) is 6.87. The van der Waals surface area contributed by atoms with Crippen LogP contribution in [-0.4, -0.2) is 32.5 Å². The molecule has 4 nitrogen and oxygen atoms in total. The van der Waals surface area contributed by atoms with E-state index in [2.05, 4.69) is 6.07 Å². The molecule has 2 aliphatic rings. The van der Waals surface area contributed by atoms with Gasteiger partial charge in [0.2, 0.25) is 0 Å². The molecule has 1 aromatic carbocycles. The van der Waals surface area contributed by atoms with Crippen LogP contribution in [0.1, 0.15) is 24.4 Å². The predicted molar refractivity (Wildman–Crippen MR) is 72.1 cm³/mol. The van der Waals surface area contributed by atoms with E-state index in [4.69, 9.17) is 19.9 Å². The van der Waals surface area contributed by atoms with Gasteiger partial charge in [-0.05, 0) is 6.07 Å². The van der Waals surface area contributed by atoms with Gasteiger partial charge in [-0.15, -0.1) is 0 Å². The van der Waals surface area contributed by atoms with Crippen LogP contribution in [0.15, 0.2) is 24.3 Å². The topological polar surface area (TPSA) is 53.7 Å². The Balaban J connectivity index is 1.90. The second-order valence-electron chi connectivity index (χ2n) is 5.36. The fourth-order valence-corrected chi connectivity index (χ4v) is 3.31. The SMILES string of the molecule is COC1(C2COc3ccccc3C2N)CCOCC1. The van der Waals surface area contributed by atoms with Crippen molar-refractivity contribution in [3.05, 3.63) is 29.8 Å². The zero-order chi connectivity index (χ0) is 13.3. The molecule has 1 aromatic rings. The van der Waals surface area contributed by atoms with Crippen molar-refractivity contribution in [1.29, 1.82) is 0 Å². The van der Waals surface area contributed by atoms with Gasteiger partial charge in [-0.2, -0.15) is 0 Å². The van der Waals surface area contributed by atoms with Crippen molar-refractivity contribution in [3.8, 4) is 5.75 Å². The Bertz CT molecular complexity index is 443. The molecular formula is C15H21NO3. The molecule has 0 aromatic heterocycles. The number of methoxy groups -OCH3 is 1. The van der Waals surface area contributed by atoms with Crippen LogP contribution in [0.2, 0.25) is 0 Å². The van der Waals surface area contributed by atoms with E-state index in [0.29, 0.717) is 6.61 Å². The molecule has 19 heavy (non-hydrogen) atoms. The minimum atomic E-state index is -0.217. The number of nitrogens with two attached hydrogens (primary N) is 1. The fourth-order valence-electron chi connectivity index (χ4n) is 3.31. The maximum atomic E-state index is 6.48. The van der Waals surface area contributed by atoms with E-state index < -0.39 is 0 Å². The summed E-state index contributed by atoms with van der Waals surface area (Å²) < 4.78 is 17.2. The minimum Gasteiger partial charge on any atom is -0.493 e. The number of ether oxygens (including phenoxy) is 3. The second-order valence-corrected chi connectivity index (χ2v) is 5.36. The summed E-state index contributed by atoms with van der Waals surface area (Å²) in [4.78, 5) is 0. The third kappa shape index (κ3) is 2.14. The highest BCUT2D eigenvalue weighted by molar-refractivity contribution is 5.38. The van der Waals surface area contributed by atoms with Gasteiger partial charge in [0.05, 0.1) is 12.2 Å². The number of hydrogen-bond donors (Lipinski definition) is 1. The van der Waals surface area contributed by atoms with E-state index in [0.717, 1.165) is 37.4 Å². The standard InChI is InChI=1S/C15H21NO3/c1-17-15(6-8-18-9-7-15)12-10-19-13-5-3-2-4-11(13)14(12)16/h2-5,12,14H,6-10,16H2,1H3. The molecule has 2 unspecified atom stereocenters. The van der Waals surface area contributed by atoms with Gasteiger partial charge in [-0.3, -0.25) is 0 Å². The highest BCUT2D eigenvalue weighted by Gasteiger charge is 2.46. The number of rotatable bonds is 2. The first-order chi connectivity index (χ1) is 9.27. The van der Waals surface area contributed by atoms with E-state index in [1.165, 1.54) is 0 Å². The Labute approximate surface area is 113 Å². The van der Waals surface area contributed by atoms with Crippen LogP contribution in [0.4, 0.5) is 0 Å². The third-order valence-corrected chi connectivity index (χ3v) is 4.55. The van der Waals surface area contributed by atoms with Crippen molar-refractivity contribution < 1.29 is 14.2 Å². The van der Waals surface area contributed by atoms with Gasteiger partial charge in [-0.25, -0.2) is 0 Å². The lowest BCUT2D eigenvalue weighted by Gasteiger charge is -2.46. The van der Waals surface area contributed by atoms with Crippen molar-refractivity contribution in [3.63, 3.8) is 0 Å². The number of fused-ring (bicyclic) bond motifs is 1. The van der Waals surface area contributed by atoms with Crippen molar-refractivity contribution in [2.45, 2.75) is 24.5 Å². The fraction of sp³-hybridized carbons (Fsp3) is 0.600. The average Bonchev–Trinajstić information content (AvgIpc) is 2.48. The molecule has 0 radical (unpaired) electrons. The van der Waals surface area contributed by atoms with E-state index in [1.54, 1.807) is 7.11 Å². The molecule has 0 spiro atoms. The number of benzene rings is 1. The smallest absolute Gasteiger partial charge is 0.124 e. The summed E-state index contributed by atoms with van der Waals surface area (Å²) >= 11 is 0. The molecule has 0 amide bonds. The largest absolute Gasteiger partial charge is 0.493 e. The maximum absolute atomic E-state index is 6.48. The molecule has 2 atom stereocenters. The maximum Gasteiger partial charge on any atom is 0.124 e. The molecule has 3 rings (SSSR count). The minimum absolute atomic E-state index is 0.0389. The van der Waals surface area contributed by atoms with Gasteiger partial charge in [0.25, 0.3) is 0 Å². The van der Waals surface area contributed by atoms with Crippen LogP contribution in [0.25, 0.3) is 0 Å². The van der Waals surface area contributed by atoms with E-state index in [-0.39, 0.29) is 17.6 Å². The van der Waals surface area contributed by atoms with E-state index in [9.17, 15) is 0 Å². The molecule has 2 heterocycles. The van der Waals surface area contributed by atoms with Crippen molar-refractivity contribution >= 4 is 0 Å². The van der Waals surface area contributed by atoms with Gasteiger partial charge in [0, 0.05) is 50.7 Å². The van der Waals surface area contributed by atoms with Crippen molar-refractivity contribution in [2.24, 2.45) is 11.7 Å². The van der Waals surface area contributed by atoms with Gasteiger partial charge < -0.3 is 19.9 Å². The third-order valence-electron chi connectivity index (χ3n) is 4.55. The summed E-state index contributed by atoms with van der Waals surface area (Å²) in [6.45, 7) is 2.09. The molecule has 0 aliphatic carbocycles. The number of hydrogen-bond acceptors (Lipinski definition) is 4. The molecule has 2 aliphatic heterocycles. The Hall–Kier alpha value is -1.10. The summed E-state index contributed by atoms with van der Waals surface area (Å²) in [5, 5.41) is 0. The molecule has 2 N–H and O–H groups in total. The average molecular weight is 263 g/mol. The summed E-state index contributed by atoms with van der Waals surface area (Å²) in [6.07, 6.45) is 1.76. The number of para-hydroxylation sites is 1. The van der Waals surface area contributed by atoms with Crippen LogP contribution < -0.4 is 10.5 Å². The predicted octanol–water partition coefficient (Wildman–Crippen LogP) is 1.89. The zero-order valence-electron chi connectivity index (χ0n) is 11.3. The van der Waals surface area contributed by atoms with Crippen LogP contribution in [-0.2, 0) is 9.47 Å². The van der Waals surface area contributed by atoms with Crippen molar-refractivity contribution in [1.82, 2.24) is 0 Å². The molecule has 0 bridgehead atoms. The lowest BCUT2D eigenvalue weighted by Crippen LogP contribution is -2.52. The first-order valence-corrected chi connectivity index (χ1v) is 6.87. The lowest BCUT2D eigenvalue weighted by atomic mass is 9.74. The molecule has 1 fully saturated rings. The molecule has 0 saturated carbocycles. The normalized spacial score (nSPS) is 29.4. The Morgan fingerprint density at radius 2 is 2.00 bits per heavy atom. The Kier molecular flexibility index (Phi) is 3.48. The summed E-state index contributed by atoms with van der Waals surface area (Å²) in [7, 11) is 1.78. The summed E-state index contributed by atoms with van der Waals surface area (Å²) in [6, 6.07) is 7.98. The molecule has 4 heteroatoms. The highest BCUT2D eigenvalue weighted by Crippen LogP contribution is 2.43. The van der Waals surface area contributed by atoms with E-state index >= 15 is 0 Å². The molecule has 104 valence electrons. The molecule has 1 saturated heterocycles. The van der Waals surface area contributed by atoms with Gasteiger partial charge in [-0.1, -0.05) is 18.2 Å². The van der Waals surface area contributed by atoms with Crippen LogP contribution in [0.3, 0.4) is 0 Å². The Morgan fingerprint density at radius 3 is 2.74 bits per heavy atom. The first kappa shape index (κ1) is 12.9. The van der Waals surface area contributed by atoms with Gasteiger partial charge in [0.1, 0.15) is 5.75 Å². The van der Waals surface area contributed by atoms with Crippen molar-refractivity contribution in [2.75, 3.05) is 26.9 Å². The van der Waals surface area contributed by atoms with Crippen LogP contribution in [0.5, 0.6) is 5.75 Å². The van der Waals surface area contributed by atoms with E-state index in [1.807, 2.05) is 18.2 Å². The quantitative estimate of drug-likeness (QED) is 0.885. The highest BCUT2D eigenvalue weighted by atomic mass is 16.5. The second kappa shape index (κ2) is 5.12. The van der Waals surface area contributed by atoms with Crippen LogP contribution >= 0.6 is 0 Å². The summed E-state index contributed by atoms with van der Waals surface area (Å²) in [5.41, 5.74) is 7.35. The Morgan fingerprint density at radius 1 is 1.26 bits per heavy atom. The lowest BCUT2D eigenvalue weighted by molar-refractivity contribution is -0.140. The molecular weight excluding hydrogens is 242 g/mol. The van der Waals surface area contributed by atoms with Crippen LogP contribution in [0, 0.1) is 5.92 Å². The van der Waals surface area contributed by atoms with Gasteiger partial charge in [0.15, 0.2) is 0 Å². The van der Waals surface area contributed by atoms with Gasteiger partial charge >= 0.3 is 0 Å². The zero-order valence-corrected chi connectivity index (χ0v) is 11.3. The monoisotopic (exact) mass is 263 g/mol. The summed E-state index contributed by atoms with van der Waals surface area (Å²) in [5.74, 6) is 1.08.